The molecule has 0 saturated carbocycles. The zero-order valence-electron chi connectivity index (χ0n) is 26.1. The van der Waals surface area contributed by atoms with Gasteiger partial charge in [0.1, 0.15) is 11.1 Å². The Morgan fingerprint density at radius 3 is 2.29 bits per heavy atom. The van der Waals surface area contributed by atoms with Crippen molar-refractivity contribution in [2.45, 2.75) is 0 Å². The molecule has 0 aliphatic carbocycles. The zero-order chi connectivity index (χ0) is 32.1. The molecular weight excluding hydrogens is 619 g/mol. The summed E-state index contributed by atoms with van der Waals surface area (Å²) in [4.78, 5) is 10.0. The summed E-state index contributed by atoms with van der Waals surface area (Å²) in [6.45, 7) is 0. The third-order valence-electron chi connectivity index (χ3n) is 9.87. The van der Waals surface area contributed by atoms with Crippen LogP contribution in [0.5, 0.6) is 0 Å². The number of furan rings is 1. The molecule has 11 aromatic rings. The van der Waals surface area contributed by atoms with Gasteiger partial charge in [0.05, 0.1) is 28.3 Å². The molecular formula is C44H25N3OS. The molecule has 0 fully saturated rings. The Balaban J connectivity index is 1.10. The van der Waals surface area contributed by atoms with Crippen LogP contribution in [-0.2, 0) is 0 Å². The van der Waals surface area contributed by atoms with E-state index in [0.717, 1.165) is 44.2 Å². The fraction of sp³-hybridized carbons (Fsp3) is 0. The van der Waals surface area contributed by atoms with E-state index in [0.29, 0.717) is 5.71 Å². The number of fused-ring (bicyclic) bond motifs is 11. The molecule has 49 heavy (non-hydrogen) atoms. The first-order valence-corrected chi connectivity index (χ1v) is 17.2. The molecule has 0 spiro atoms. The number of hydrogen-bond acceptors (Lipinski definition) is 4. The van der Waals surface area contributed by atoms with Gasteiger partial charge in [0.25, 0.3) is 0 Å². The first kappa shape index (κ1) is 26.7. The topological polar surface area (TPSA) is 43.9 Å². The molecule has 7 aromatic carbocycles. The Bertz CT molecular complexity index is 3110. The molecule has 4 nitrogen and oxygen atoms in total. The summed E-state index contributed by atoms with van der Waals surface area (Å²) in [7, 11) is 0. The van der Waals surface area contributed by atoms with Crippen LogP contribution in [0.1, 0.15) is 0 Å². The van der Waals surface area contributed by atoms with Gasteiger partial charge in [-0.3, -0.25) is 0 Å². The first-order valence-electron chi connectivity index (χ1n) is 16.4. The maximum absolute atomic E-state index is 6.31. The van der Waals surface area contributed by atoms with E-state index in [1.165, 1.54) is 53.1 Å². The van der Waals surface area contributed by atoms with Crippen molar-refractivity contribution in [3.8, 4) is 28.1 Å². The van der Waals surface area contributed by atoms with Gasteiger partial charge in [0.15, 0.2) is 0 Å². The summed E-state index contributed by atoms with van der Waals surface area (Å²) in [5.41, 5.74) is 9.95. The van der Waals surface area contributed by atoms with Crippen molar-refractivity contribution in [3.05, 3.63) is 152 Å². The average Bonchev–Trinajstić information content (AvgIpc) is 3.83. The molecule has 11 rings (SSSR count). The summed E-state index contributed by atoms with van der Waals surface area (Å²) in [5, 5.41) is 8.22. The predicted molar refractivity (Wildman–Crippen MR) is 205 cm³/mol. The Morgan fingerprint density at radius 2 is 1.35 bits per heavy atom. The molecule has 0 amide bonds. The van der Waals surface area contributed by atoms with Crippen LogP contribution < -0.4 is 0 Å². The minimum absolute atomic E-state index is 0.559. The number of hydrogen-bond donors (Lipinski definition) is 0. The van der Waals surface area contributed by atoms with Crippen LogP contribution in [0.4, 0.5) is 0 Å². The van der Waals surface area contributed by atoms with Crippen molar-refractivity contribution < 1.29 is 4.42 Å². The highest BCUT2D eigenvalue weighted by atomic mass is 32.1. The van der Waals surface area contributed by atoms with Gasteiger partial charge in [0, 0.05) is 42.2 Å². The fourth-order valence-electron chi connectivity index (χ4n) is 7.65. The molecule has 5 heteroatoms. The third-order valence-corrected chi connectivity index (χ3v) is 11.0. The number of para-hydroxylation sites is 2. The number of rotatable bonds is 3. The molecule has 0 aliphatic rings. The Hall–Kier alpha value is -6.30. The fourth-order valence-corrected chi connectivity index (χ4v) is 8.77. The van der Waals surface area contributed by atoms with Crippen molar-refractivity contribution in [2.24, 2.45) is 0 Å². The lowest BCUT2D eigenvalue weighted by molar-refractivity contribution is 0.654. The van der Waals surface area contributed by atoms with E-state index < -0.39 is 0 Å². The van der Waals surface area contributed by atoms with Gasteiger partial charge < -0.3 is 8.98 Å². The van der Waals surface area contributed by atoms with E-state index in [1.54, 1.807) is 0 Å². The van der Waals surface area contributed by atoms with Gasteiger partial charge in [0.2, 0.25) is 5.71 Å². The second-order valence-electron chi connectivity index (χ2n) is 12.6. The standard InChI is InChI=1S/C44H25N3OS/c1-2-10-29(11-3-1)47-36-15-7-6-13-31(36)32-20-17-28(24-37(32)47)27-19-22-39-34(23-27)41-33(14-8-16-40(41)49-39)35-25-45-43-42-30-12-5-4-9-26(30)18-21-38(42)48-44(43)46-35/h1-25H. The van der Waals surface area contributed by atoms with Crippen molar-refractivity contribution >= 4 is 86.3 Å². The number of benzene rings is 7. The molecule has 0 unspecified atom stereocenters. The van der Waals surface area contributed by atoms with Gasteiger partial charge in [-0.25, -0.2) is 9.97 Å². The zero-order valence-corrected chi connectivity index (χ0v) is 26.9. The van der Waals surface area contributed by atoms with Crippen LogP contribution in [-0.4, -0.2) is 14.5 Å². The summed E-state index contributed by atoms with van der Waals surface area (Å²) >= 11 is 1.81. The molecule has 0 saturated heterocycles. The van der Waals surface area contributed by atoms with Gasteiger partial charge in [-0.2, -0.15) is 0 Å². The van der Waals surface area contributed by atoms with Gasteiger partial charge in [-0.15, -0.1) is 11.3 Å². The minimum atomic E-state index is 0.559. The average molecular weight is 644 g/mol. The SMILES string of the molecule is c1ccc(-n2c3ccccc3c3ccc(-c4ccc5sc6cccc(-c7cnc8c(n7)oc7ccc9ccccc9c78)c6c5c4)cc32)cc1. The lowest BCUT2D eigenvalue weighted by Gasteiger charge is -2.09. The smallest absolute Gasteiger partial charge is 0.246 e. The number of aromatic nitrogens is 3. The maximum atomic E-state index is 6.31. The summed E-state index contributed by atoms with van der Waals surface area (Å²) in [6, 6.07) is 51.9. The van der Waals surface area contributed by atoms with Gasteiger partial charge in [-0.05, 0) is 70.4 Å². The van der Waals surface area contributed by atoms with E-state index in [4.69, 9.17) is 14.4 Å². The maximum Gasteiger partial charge on any atom is 0.246 e. The molecule has 0 radical (unpaired) electrons. The molecule has 228 valence electrons. The Kier molecular flexibility index (Phi) is 5.51. The largest absolute Gasteiger partial charge is 0.436 e. The minimum Gasteiger partial charge on any atom is -0.436 e. The van der Waals surface area contributed by atoms with Crippen LogP contribution in [0.3, 0.4) is 0 Å². The van der Waals surface area contributed by atoms with Crippen LogP contribution >= 0.6 is 11.3 Å². The first-order chi connectivity index (χ1) is 24.3. The highest BCUT2D eigenvalue weighted by Crippen LogP contribution is 2.43. The quantitative estimate of drug-likeness (QED) is 0.192. The normalized spacial score (nSPS) is 12.1. The lowest BCUT2D eigenvalue weighted by atomic mass is 9.99. The summed E-state index contributed by atoms with van der Waals surface area (Å²) in [5.74, 6) is 0. The van der Waals surface area contributed by atoms with Crippen LogP contribution in [0.25, 0.3) is 103 Å². The van der Waals surface area contributed by atoms with E-state index in [9.17, 15) is 0 Å². The highest BCUT2D eigenvalue weighted by molar-refractivity contribution is 7.26. The molecule has 4 aromatic heterocycles. The van der Waals surface area contributed by atoms with Crippen molar-refractivity contribution in [1.29, 1.82) is 0 Å². The van der Waals surface area contributed by atoms with Crippen molar-refractivity contribution in [1.82, 2.24) is 14.5 Å². The second-order valence-corrected chi connectivity index (χ2v) is 13.7. The molecule has 0 aliphatic heterocycles. The predicted octanol–water partition coefficient (Wildman–Crippen LogP) is 12.3. The number of thiophene rings is 1. The highest BCUT2D eigenvalue weighted by Gasteiger charge is 2.18. The van der Waals surface area contributed by atoms with Crippen LogP contribution in [0.2, 0.25) is 0 Å². The molecule has 4 heterocycles. The molecule has 0 bridgehead atoms. The Morgan fingerprint density at radius 1 is 0.551 bits per heavy atom. The van der Waals surface area contributed by atoms with E-state index >= 15 is 0 Å². The molecule has 0 N–H and O–H groups in total. The van der Waals surface area contributed by atoms with E-state index in [1.807, 2.05) is 23.6 Å². The Labute approximate surface area is 284 Å². The lowest BCUT2D eigenvalue weighted by Crippen LogP contribution is -1.93. The number of nitrogens with zero attached hydrogens (tertiary/aromatic N) is 3. The van der Waals surface area contributed by atoms with Gasteiger partial charge in [-0.1, -0.05) is 97.1 Å². The van der Waals surface area contributed by atoms with Crippen LogP contribution in [0.15, 0.2) is 156 Å². The second kappa shape index (κ2) is 10.1. The third kappa shape index (κ3) is 3.91. The molecule has 0 atom stereocenters. The van der Waals surface area contributed by atoms with Crippen molar-refractivity contribution in [2.75, 3.05) is 0 Å². The van der Waals surface area contributed by atoms with Gasteiger partial charge >= 0.3 is 0 Å². The van der Waals surface area contributed by atoms with E-state index in [2.05, 4.69) is 144 Å². The van der Waals surface area contributed by atoms with E-state index in [-0.39, 0.29) is 0 Å². The summed E-state index contributed by atoms with van der Waals surface area (Å²) < 4.78 is 11.2. The summed E-state index contributed by atoms with van der Waals surface area (Å²) in [6.07, 6.45) is 1.90. The van der Waals surface area contributed by atoms with Crippen molar-refractivity contribution in [3.63, 3.8) is 0 Å². The monoisotopic (exact) mass is 643 g/mol. The van der Waals surface area contributed by atoms with Crippen LogP contribution in [0, 0.1) is 0 Å².